The summed E-state index contributed by atoms with van der Waals surface area (Å²) in [6, 6.07) is 0. The molecule has 0 aromatic heterocycles. The molecule has 0 unspecified atom stereocenters. The largest absolute Gasteiger partial charge is 0.381 e. The minimum Gasteiger partial charge on any atom is -0.381 e. The molecule has 0 rings (SSSR count). The first-order valence-corrected chi connectivity index (χ1v) is 5.71. The van der Waals surface area contributed by atoms with Crippen molar-refractivity contribution in [1.82, 2.24) is 0 Å². The van der Waals surface area contributed by atoms with E-state index >= 15 is 0 Å². The molecule has 6 heteroatoms. The van der Waals surface area contributed by atoms with Crippen LogP contribution in [0.2, 0.25) is 0 Å². The van der Waals surface area contributed by atoms with Gasteiger partial charge in [0.15, 0.2) is 0 Å². The lowest BCUT2D eigenvalue weighted by Gasteiger charge is -2.30. The highest BCUT2D eigenvalue weighted by Crippen LogP contribution is 2.20. The molecule has 0 aliphatic rings. The Labute approximate surface area is 103 Å². The molecule has 17 heavy (non-hydrogen) atoms. The second-order valence-electron chi connectivity index (χ2n) is 3.63. The number of hydrogen-bond donors (Lipinski definition) is 0. The highest BCUT2D eigenvalue weighted by molar-refractivity contribution is 4.78. The molecule has 104 valence electrons. The lowest BCUT2D eigenvalue weighted by molar-refractivity contribution is -0.331. The Kier molecular flexibility index (Phi) is 10.7. The van der Waals surface area contributed by atoms with Gasteiger partial charge in [0, 0.05) is 13.2 Å². The molecule has 0 aromatic carbocycles. The molecule has 0 saturated carbocycles. The fraction of sp³-hybridized carbons (Fsp3) is 1.00. The Morgan fingerprint density at radius 3 is 1.41 bits per heavy atom. The lowest BCUT2D eigenvalue weighted by atomic mass is 9.92. The van der Waals surface area contributed by atoms with Gasteiger partial charge < -0.3 is 9.47 Å². The average molecular weight is 252 g/mol. The summed E-state index contributed by atoms with van der Waals surface area (Å²) in [5, 5.41) is 0. The zero-order valence-corrected chi connectivity index (χ0v) is 11.2. The molecule has 6 nitrogen and oxygen atoms in total. The summed E-state index contributed by atoms with van der Waals surface area (Å²) in [5.74, 6) is 0. The third-order valence-electron chi connectivity index (χ3n) is 2.19. The highest BCUT2D eigenvalue weighted by Gasteiger charge is 2.33. The fourth-order valence-electron chi connectivity index (χ4n) is 1.25. The van der Waals surface area contributed by atoms with Crippen LogP contribution in [-0.2, 0) is 29.0 Å². The van der Waals surface area contributed by atoms with Gasteiger partial charge in [-0.05, 0) is 13.8 Å². The van der Waals surface area contributed by atoms with Crippen molar-refractivity contribution >= 4 is 0 Å². The summed E-state index contributed by atoms with van der Waals surface area (Å²) in [6.45, 7) is 6.63. The van der Waals surface area contributed by atoms with Gasteiger partial charge in [-0.2, -0.15) is 0 Å². The van der Waals surface area contributed by atoms with Gasteiger partial charge in [0.05, 0.1) is 46.1 Å². The maximum Gasteiger partial charge on any atom is 0.0946 e. The van der Waals surface area contributed by atoms with E-state index in [0.717, 1.165) is 0 Å². The third-order valence-corrected chi connectivity index (χ3v) is 2.19. The van der Waals surface area contributed by atoms with Crippen molar-refractivity contribution in [3.8, 4) is 0 Å². The summed E-state index contributed by atoms with van der Waals surface area (Å²) in [4.78, 5) is 19.2. The van der Waals surface area contributed by atoms with E-state index in [0.29, 0.717) is 39.6 Å². The quantitative estimate of drug-likeness (QED) is 0.384. The fourth-order valence-corrected chi connectivity index (χ4v) is 1.25. The van der Waals surface area contributed by atoms with E-state index in [2.05, 4.69) is 9.78 Å². The van der Waals surface area contributed by atoms with Crippen molar-refractivity contribution in [3.05, 3.63) is 0 Å². The van der Waals surface area contributed by atoms with Crippen molar-refractivity contribution in [2.45, 2.75) is 13.8 Å². The van der Waals surface area contributed by atoms with Gasteiger partial charge in [-0.1, -0.05) is 0 Å². The third kappa shape index (κ3) is 7.64. The van der Waals surface area contributed by atoms with E-state index < -0.39 is 5.41 Å². The standard InChI is InChI=1S/C11H24O6/c1-5-14-7-11(8-15-6-2,9-16-12-3)10-17-13-4/h5-10H2,1-4H3. The highest BCUT2D eigenvalue weighted by atomic mass is 17.2. The normalized spacial score (nSPS) is 12.0. The van der Waals surface area contributed by atoms with Crippen molar-refractivity contribution in [2.24, 2.45) is 5.41 Å². The minimum atomic E-state index is -0.433. The average Bonchev–Trinajstić information content (AvgIpc) is 2.37. The second kappa shape index (κ2) is 10.9. The van der Waals surface area contributed by atoms with Crippen molar-refractivity contribution in [2.75, 3.05) is 53.9 Å². The van der Waals surface area contributed by atoms with Crippen LogP contribution in [0, 0.1) is 5.41 Å². The molecular formula is C11H24O6. The summed E-state index contributed by atoms with van der Waals surface area (Å²) in [7, 11) is 2.92. The number of rotatable bonds is 12. The van der Waals surface area contributed by atoms with E-state index in [9.17, 15) is 0 Å². The SMILES string of the molecule is CCOCC(COCC)(COOC)COOC. The van der Waals surface area contributed by atoms with Crippen LogP contribution in [0.4, 0.5) is 0 Å². The van der Waals surface area contributed by atoms with Gasteiger partial charge in [0.25, 0.3) is 0 Å². The van der Waals surface area contributed by atoms with E-state index in [4.69, 9.17) is 19.2 Å². The molecule has 0 amide bonds. The van der Waals surface area contributed by atoms with Crippen LogP contribution in [0.3, 0.4) is 0 Å². The molecule has 0 atom stereocenters. The first-order valence-electron chi connectivity index (χ1n) is 5.71. The number of ether oxygens (including phenoxy) is 2. The predicted molar refractivity (Wildman–Crippen MR) is 61.3 cm³/mol. The topological polar surface area (TPSA) is 55.4 Å². The number of hydrogen-bond acceptors (Lipinski definition) is 6. The summed E-state index contributed by atoms with van der Waals surface area (Å²) >= 11 is 0. The minimum absolute atomic E-state index is 0.312. The lowest BCUT2D eigenvalue weighted by Crippen LogP contribution is -2.41. The molecule has 0 radical (unpaired) electrons. The Balaban J connectivity index is 4.39. The molecule has 0 heterocycles. The Hall–Kier alpha value is -0.240. The Morgan fingerprint density at radius 2 is 1.12 bits per heavy atom. The van der Waals surface area contributed by atoms with E-state index in [1.54, 1.807) is 0 Å². The van der Waals surface area contributed by atoms with Crippen LogP contribution in [0.15, 0.2) is 0 Å². The van der Waals surface area contributed by atoms with Gasteiger partial charge >= 0.3 is 0 Å². The van der Waals surface area contributed by atoms with E-state index in [1.807, 2.05) is 13.8 Å². The van der Waals surface area contributed by atoms with Gasteiger partial charge in [0.1, 0.15) is 0 Å². The second-order valence-corrected chi connectivity index (χ2v) is 3.63. The maximum absolute atomic E-state index is 5.44. The first-order chi connectivity index (χ1) is 8.24. The zero-order chi connectivity index (χ0) is 13.0. The van der Waals surface area contributed by atoms with Gasteiger partial charge in [0.2, 0.25) is 0 Å². The van der Waals surface area contributed by atoms with Gasteiger partial charge in [-0.25, -0.2) is 19.6 Å². The van der Waals surface area contributed by atoms with Crippen LogP contribution in [-0.4, -0.2) is 53.9 Å². The maximum atomic E-state index is 5.44. The summed E-state index contributed by atoms with van der Waals surface area (Å²) in [6.07, 6.45) is 0. The van der Waals surface area contributed by atoms with E-state index in [1.165, 1.54) is 14.2 Å². The van der Waals surface area contributed by atoms with E-state index in [-0.39, 0.29) is 0 Å². The summed E-state index contributed by atoms with van der Waals surface area (Å²) < 4.78 is 10.9. The monoisotopic (exact) mass is 252 g/mol. The van der Waals surface area contributed by atoms with Gasteiger partial charge in [-0.3, -0.25) is 0 Å². The molecular weight excluding hydrogens is 228 g/mol. The molecule has 0 aliphatic heterocycles. The van der Waals surface area contributed by atoms with Crippen molar-refractivity contribution in [1.29, 1.82) is 0 Å². The van der Waals surface area contributed by atoms with Gasteiger partial charge in [-0.15, -0.1) is 0 Å². The molecule has 0 aliphatic carbocycles. The van der Waals surface area contributed by atoms with Crippen LogP contribution in [0.5, 0.6) is 0 Å². The van der Waals surface area contributed by atoms with Crippen LogP contribution in [0.25, 0.3) is 0 Å². The molecule has 0 saturated heterocycles. The van der Waals surface area contributed by atoms with Crippen molar-refractivity contribution in [3.63, 3.8) is 0 Å². The molecule has 0 N–H and O–H groups in total. The first kappa shape index (κ1) is 16.8. The molecule has 0 fully saturated rings. The zero-order valence-electron chi connectivity index (χ0n) is 11.2. The Morgan fingerprint density at radius 1 is 0.706 bits per heavy atom. The molecule has 0 bridgehead atoms. The van der Waals surface area contributed by atoms with Crippen molar-refractivity contribution < 1.29 is 29.0 Å². The summed E-state index contributed by atoms with van der Waals surface area (Å²) in [5.41, 5.74) is -0.433. The Bertz CT molecular complexity index is 127. The molecule has 0 aromatic rings. The molecule has 0 spiro atoms. The van der Waals surface area contributed by atoms with Crippen LogP contribution < -0.4 is 0 Å². The van der Waals surface area contributed by atoms with Crippen LogP contribution in [0.1, 0.15) is 13.8 Å². The predicted octanol–water partition coefficient (Wildman–Crippen LogP) is 1.20. The van der Waals surface area contributed by atoms with Crippen LogP contribution >= 0.6 is 0 Å². The smallest absolute Gasteiger partial charge is 0.0946 e.